The molecule has 1 aliphatic rings. The third-order valence-corrected chi connectivity index (χ3v) is 4.34. The molecule has 21 heavy (non-hydrogen) atoms. The highest BCUT2D eigenvalue weighted by molar-refractivity contribution is 5.85. The van der Waals surface area contributed by atoms with Gasteiger partial charge in [0.05, 0.1) is 12.6 Å². The highest BCUT2D eigenvalue weighted by Crippen LogP contribution is 2.36. The third-order valence-electron chi connectivity index (χ3n) is 4.34. The van der Waals surface area contributed by atoms with Crippen LogP contribution in [0.3, 0.4) is 0 Å². The van der Waals surface area contributed by atoms with E-state index in [4.69, 9.17) is 0 Å². The minimum atomic E-state index is -1.14. The van der Waals surface area contributed by atoms with Crippen molar-refractivity contribution in [1.29, 1.82) is 5.26 Å². The Kier molecular flexibility index (Phi) is 4.64. The van der Waals surface area contributed by atoms with Gasteiger partial charge in [-0.05, 0) is 25.3 Å². The molecule has 4 heteroatoms. The van der Waals surface area contributed by atoms with Crippen LogP contribution in [0.25, 0.3) is 0 Å². The highest BCUT2D eigenvalue weighted by atomic mass is 16.3. The number of rotatable bonds is 4. The third kappa shape index (κ3) is 3.43. The lowest BCUT2D eigenvalue weighted by Gasteiger charge is -2.31. The summed E-state index contributed by atoms with van der Waals surface area (Å²) in [5.74, 6) is -0.249. The summed E-state index contributed by atoms with van der Waals surface area (Å²) in [6.07, 6.45) is 4.14. The van der Waals surface area contributed by atoms with Crippen LogP contribution in [0.4, 0.5) is 0 Å². The number of nitriles is 1. The zero-order valence-corrected chi connectivity index (χ0v) is 12.4. The van der Waals surface area contributed by atoms with E-state index in [1.807, 2.05) is 30.3 Å². The monoisotopic (exact) mass is 286 g/mol. The van der Waals surface area contributed by atoms with Crippen LogP contribution >= 0.6 is 0 Å². The molecule has 1 aliphatic carbocycles. The van der Waals surface area contributed by atoms with Crippen LogP contribution in [-0.4, -0.2) is 17.6 Å². The van der Waals surface area contributed by atoms with E-state index in [1.54, 1.807) is 6.92 Å². The van der Waals surface area contributed by atoms with E-state index in [0.29, 0.717) is 12.8 Å². The molecule has 2 rings (SSSR count). The second-order valence-electron chi connectivity index (χ2n) is 6.08. The number of nitrogens with zero attached hydrogens (tertiary/aromatic N) is 1. The van der Waals surface area contributed by atoms with Gasteiger partial charge >= 0.3 is 0 Å². The number of hydrogen-bond acceptors (Lipinski definition) is 3. The maximum absolute atomic E-state index is 12.4. The summed E-state index contributed by atoms with van der Waals surface area (Å²) in [5, 5.41) is 22.6. The molecule has 0 bridgehead atoms. The van der Waals surface area contributed by atoms with E-state index in [2.05, 4.69) is 11.4 Å². The van der Waals surface area contributed by atoms with Gasteiger partial charge < -0.3 is 10.4 Å². The van der Waals surface area contributed by atoms with Crippen LogP contribution in [-0.2, 0) is 10.4 Å². The molecule has 0 aromatic heterocycles. The van der Waals surface area contributed by atoms with Crippen molar-refractivity contribution in [3.63, 3.8) is 0 Å². The highest BCUT2D eigenvalue weighted by Gasteiger charge is 2.40. The SMILES string of the molecule is CC(O)(CNC(=O)C1(C#N)CCCCC1)c1ccccc1. The van der Waals surface area contributed by atoms with Gasteiger partial charge in [0.15, 0.2) is 0 Å². The molecule has 0 aliphatic heterocycles. The van der Waals surface area contributed by atoms with Crippen LogP contribution in [0, 0.1) is 16.7 Å². The van der Waals surface area contributed by atoms with Crippen LogP contribution in [0.5, 0.6) is 0 Å². The van der Waals surface area contributed by atoms with Crippen molar-refractivity contribution < 1.29 is 9.90 Å². The Morgan fingerprint density at radius 2 is 1.95 bits per heavy atom. The Morgan fingerprint density at radius 1 is 1.33 bits per heavy atom. The second-order valence-corrected chi connectivity index (χ2v) is 6.08. The predicted octanol–water partition coefficient (Wildman–Crippen LogP) is 2.48. The van der Waals surface area contributed by atoms with Gasteiger partial charge in [-0.25, -0.2) is 0 Å². The van der Waals surface area contributed by atoms with Crippen LogP contribution in [0.1, 0.15) is 44.6 Å². The number of carbonyl (C=O) groups is 1. The standard InChI is InChI=1S/C17H22N2O2/c1-16(21,14-8-4-2-5-9-14)13-19-15(20)17(12-18)10-6-3-7-11-17/h2,4-5,8-9,21H,3,6-7,10-11,13H2,1H3,(H,19,20). The van der Waals surface area contributed by atoms with Gasteiger partial charge in [0, 0.05) is 0 Å². The summed E-state index contributed by atoms with van der Waals surface area (Å²) in [4.78, 5) is 12.4. The lowest BCUT2D eigenvalue weighted by Crippen LogP contribution is -2.46. The average Bonchev–Trinajstić information content (AvgIpc) is 2.54. The number of amides is 1. The topological polar surface area (TPSA) is 73.1 Å². The molecule has 1 atom stereocenters. The molecule has 1 fully saturated rings. The van der Waals surface area contributed by atoms with Crippen molar-refractivity contribution >= 4 is 5.91 Å². The summed E-state index contributed by atoms with van der Waals surface area (Å²) in [6, 6.07) is 11.4. The van der Waals surface area contributed by atoms with Crippen molar-refractivity contribution in [3.05, 3.63) is 35.9 Å². The molecular weight excluding hydrogens is 264 g/mol. The molecule has 1 unspecified atom stereocenters. The molecule has 0 heterocycles. The number of hydrogen-bond donors (Lipinski definition) is 2. The molecule has 1 aromatic carbocycles. The van der Waals surface area contributed by atoms with Gasteiger partial charge in [0.1, 0.15) is 11.0 Å². The van der Waals surface area contributed by atoms with Crippen molar-refractivity contribution in [1.82, 2.24) is 5.32 Å². The normalized spacial score (nSPS) is 20.0. The predicted molar refractivity (Wildman–Crippen MR) is 80.2 cm³/mol. The molecule has 0 radical (unpaired) electrons. The van der Waals surface area contributed by atoms with Gasteiger partial charge in [-0.1, -0.05) is 49.6 Å². The van der Waals surface area contributed by atoms with Gasteiger partial charge in [-0.2, -0.15) is 5.26 Å². The molecular formula is C17H22N2O2. The minimum absolute atomic E-state index is 0.110. The minimum Gasteiger partial charge on any atom is -0.384 e. The smallest absolute Gasteiger partial charge is 0.240 e. The maximum atomic E-state index is 12.4. The molecule has 1 saturated carbocycles. The van der Waals surface area contributed by atoms with Gasteiger partial charge in [0.25, 0.3) is 0 Å². The Bertz CT molecular complexity index is 525. The fourth-order valence-corrected chi connectivity index (χ4v) is 2.87. The van der Waals surface area contributed by atoms with Gasteiger partial charge in [0.2, 0.25) is 5.91 Å². The van der Waals surface area contributed by atoms with Gasteiger partial charge in [-0.15, -0.1) is 0 Å². The van der Waals surface area contributed by atoms with E-state index in [9.17, 15) is 15.2 Å². The van der Waals surface area contributed by atoms with E-state index >= 15 is 0 Å². The van der Waals surface area contributed by atoms with Gasteiger partial charge in [-0.3, -0.25) is 4.79 Å². The number of nitrogens with one attached hydrogen (secondary N) is 1. The molecule has 1 amide bonds. The van der Waals surface area contributed by atoms with Crippen LogP contribution in [0.2, 0.25) is 0 Å². The summed E-state index contributed by atoms with van der Waals surface area (Å²) >= 11 is 0. The quantitative estimate of drug-likeness (QED) is 0.893. The van der Waals surface area contributed by atoms with E-state index < -0.39 is 11.0 Å². The van der Waals surface area contributed by atoms with E-state index in [0.717, 1.165) is 24.8 Å². The Balaban J connectivity index is 2.02. The van der Waals surface area contributed by atoms with E-state index in [1.165, 1.54) is 0 Å². The lowest BCUT2D eigenvalue weighted by molar-refractivity contribution is -0.130. The first kappa shape index (κ1) is 15.5. The van der Waals surface area contributed by atoms with Crippen LogP contribution < -0.4 is 5.32 Å². The zero-order valence-electron chi connectivity index (χ0n) is 12.4. The Morgan fingerprint density at radius 3 is 2.52 bits per heavy atom. The largest absolute Gasteiger partial charge is 0.384 e. The van der Waals surface area contributed by atoms with Crippen molar-refractivity contribution in [2.24, 2.45) is 5.41 Å². The molecule has 112 valence electrons. The Labute approximate surface area is 125 Å². The molecule has 0 saturated heterocycles. The van der Waals surface area contributed by atoms with Crippen molar-refractivity contribution in [2.75, 3.05) is 6.54 Å². The van der Waals surface area contributed by atoms with E-state index in [-0.39, 0.29) is 12.5 Å². The first-order chi connectivity index (χ1) is 10.0. The first-order valence-corrected chi connectivity index (χ1v) is 7.48. The second kappa shape index (κ2) is 6.28. The van der Waals surface area contributed by atoms with Crippen molar-refractivity contribution in [2.45, 2.75) is 44.6 Å². The first-order valence-electron chi connectivity index (χ1n) is 7.48. The summed E-state index contributed by atoms with van der Waals surface area (Å²) in [7, 11) is 0. The van der Waals surface area contributed by atoms with Crippen molar-refractivity contribution in [3.8, 4) is 6.07 Å². The number of benzene rings is 1. The lowest BCUT2D eigenvalue weighted by atomic mass is 9.74. The Hall–Kier alpha value is -1.86. The fourth-order valence-electron chi connectivity index (χ4n) is 2.87. The molecule has 2 N–H and O–H groups in total. The summed E-state index contributed by atoms with van der Waals surface area (Å²) < 4.78 is 0. The molecule has 1 aromatic rings. The summed E-state index contributed by atoms with van der Waals surface area (Å²) in [6.45, 7) is 1.78. The molecule has 4 nitrogen and oxygen atoms in total. The zero-order chi connectivity index (χ0) is 15.3. The average molecular weight is 286 g/mol. The maximum Gasteiger partial charge on any atom is 0.240 e. The number of carbonyl (C=O) groups excluding carboxylic acids is 1. The molecule has 0 spiro atoms. The fraction of sp³-hybridized carbons (Fsp3) is 0.529. The summed E-state index contributed by atoms with van der Waals surface area (Å²) in [5.41, 5.74) is -1.30. The van der Waals surface area contributed by atoms with Crippen LogP contribution in [0.15, 0.2) is 30.3 Å². The number of aliphatic hydroxyl groups is 1.